The third-order valence-electron chi connectivity index (χ3n) is 5.24. The first kappa shape index (κ1) is 19.2. The Labute approximate surface area is 157 Å². The van der Waals surface area contributed by atoms with Gasteiger partial charge >= 0.3 is 0 Å². The van der Waals surface area contributed by atoms with Gasteiger partial charge in [-0.1, -0.05) is 31.8 Å². The van der Waals surface area contributed by atoms with E-state index in [1.165, 1.54) is 22.5 Å². The SMILES string of the molecule is O=CN(O)C(CC(=O)N1C=CCCN1C(=O)c1ccoc1)CC1CCCC1. The van der Waals surface area contributed by atoms with Crippen LogP contribution in [0.15, 0.2) is 35.3 Å². The molecule has 8 nitrogen and oxygen atoms in total. The number of amides is 3. The Morgan fingerprint density at radius 2 is 2.15 bits per heavy atom. The summed E-state index contributed by atoms with van der Waals surface area (Å²) in [5, 5.41) is 13.2. The summed E-state index contributed by atoms with van der Waals surface area (Å²) in [6.07, 6.45) is 12.0. The number of rotatable bonds is 7. The smallest absolute Gasteiger partial charge is 0.276 e. The van der Waals surface area contributed by atoms with Crippen molar-refractivity contribution < 1.29 is 24.0 Å². The molecule has 1 fully saturated rings. The van der Waals surface area contributed by atoms with Gasteiger partial charge in [0.25, 0.3) is 5.91 Å². The molecule has 2 heterocycles. The highest BCUT2D eigenvalue weighted by Crippen LogP contribution is 2.30. The summed E-state index contributed by atoms with van der Waals surface area (Å²) >= 11 is 0. The molecule has 1 N–H and O–H groups in total. The Hall–Kier alpha value is -2.61. The Morgan fingerprint density at radius 3 is 2.81 bits per heavy atom. The topological polar surface area (TPSA) is 94.3 Å². The minimum absolute atomic E-state index is 0.0504. The molecule has 0 bridgehead atoms. The number of furan rings is 1. The standard InChI is InChI=1S/C19H25N3O5/c23-14-22(26)17(11-15-5-1-2-6-15)12-18(24)20-8-3-4-9-21(20)19(25)16-7-10-27-13-16/h3,7-8,10,13-15,17,26H,1-2,4-6,9,11-12H2. The lowest BCUT2D eigenvalue weighted by atomic mass is 9.96. The largest absolute Gasteiger partial charge is 0.472 e. The van der Waals surface area contributed by atoms with Gasteiger partial charge in [0.15, 0.2) is 0 Å². The summed E-state index contributed by atoms with van der Waals surface area (Å²) in [7, 11) is 0. The van der Waals surface area contributed by atoms with Crippen molar-refractivity contribution in [2.24, 2.45) is 5.92 Å². The van der Waals surface area contributed by atoms with Gasteiger partial charge in [0, 0.05) is 12.7 Å². The van der Waals surface area contributed by atoms with Crippen molar-refractivity contribution in [1.29, 1.82) is 0 Å². The fraction of sp³-hybridized carbons (Fsp3) is 0.526. The van der Waals surface area contributed by atoms with E-state index < -0.39 is 6.04 Å². The highest BCUT2D eigenvalue weighted by atomic mass is 16.5. The minimum Gasteiger partial charge on any atom is -0.472 e. The van der Waals surface area contributed by atoms with Crippen molar-refractivity contribution in [3.63, 3.8) is 0 Å². The average Bonchev–Trinajstić information content (AvgIpc) is 3.40. The molecule has 146 valence electrons. The van der Waals surface area contributed by atoms with Crippen molar-refractivity contribution in [2.75, 3.05) is 6.54 Å². The zero-order chi connectivity index (χ0) is 19.2. The van der Waals surface area contributed by atoms with E-state index in [1.807, 2.05) is 6.08 Å². The molecule has 1 aliphatic heterocycles. The van der Waals surface area contributed by atoms with Gasteiger partial charge in [-0.05, 0) is 24.8 Å². The second-order valence-corrected chi connectivity index (χ2v) is 7.08. The van der Waals surface area contributed by atoms with Crippen LogP contribution in [0, 0.1) is 5.92 Å². The van der Waals surface area contributed by atoms with E-state index in [1.54, 1.807) is 12.3 Å². The van der Waals surface area contributed by atoms with E-state index in [9.17, 15) is 19.6 Å². The molecule has 1 saturated carbocycles. The van der Waals surface area contributed by atoms with Gasteiger partial charge in [0.2, 0.25) is 12.3 Å². The lowest BCUT2D eigenvalue weighted by Crippen LogP contribution is -2.50. The summed E-state index contributed by atoms with van der Waals surface area (Å²) < 4.78 is 4.96. The van der Waals surface area contributed by atoms with Gasteiger partial charge in [-0.25, -0.2) is 15.1 Å². The number of hydrogen-bond acceptors (Lipinski definition) is 5. The molecule has 1 aromatic heterocycles. The molecule has 0 aromatic carbocycles. The highest BCUT2D eigenvalue weighted by Gasteiger charge is 2.32. The summed E-state index contributed by atoms with van der Waals surface area (Å²) in [5.74, 6) is -0.269. The van der Waals surface area contributed by atoms with Crippen LogP contribution < -0.4 is 0 Å². The lowest BCUT2D eigenvalue weighted by Gasteiger charge is -2.36. The van der Waals surface area contributed by atoms with Gasteiger partial charge in [0.05, 0.1) is 24.3 Å². The van der Waals surface area contributed by atoms with Gasteiger partial charge < -0.3 is 4.42 Å². The molecule has 3 rings (SSSR count). The van der Waals surface area contributed by atoms with E-state index in [2.05, 4.69) is 0 Å². The quantitative estimate of drug-likeness (QED) is 0.449. The molecule has 1 atom stereocenters. The van der Waals surface area contributed by atoms with Crippen molar-refractivity contribution in [3.05, 3.63) is 36.4 Å². The second kappa shape index (κ2) is 8.85. The lowest BCUT2D eigenvalue weighted by molar-refractivity contribution is -0.166. The average molecular weight is 375 g/mol. The highest BCUT2D eigenvalue weighted by molar-refractivity contribution is 5.95. The molecule has 0 radical (unpaired) electrons. The number of hydrazine groups is 1. The number of nitrogens with zero attached hydrogens (tertiary/aromatic N) is 3. The Balaban J connectivity index is 1.70. The number of carbonyl (C=O) groups is 3. The van der Waals surface area contributed by atoms with Crippen LogP contribution in [0.3, 0.4) is 0 Å². The van der Waals surface area contributed by atoms with Crippen LogP contribution in [0.4, 0.5) is 0 Å². The molecule has 27 heavy (non-hydrogen) atoms. The van der Waals surface area contributed by atoms with Gasteiger partial charge in [-0.3, -0.25) is 19.6 Å². The first-order valence-electron chi connectivity index (χ1n) is 9.35. The molecule has 1 aliphatic carbocycles. The molecule has 0 saturated heterocycles. The summed E-state index contributed by atoms with van der Waals surface area (Å²) in [6.45, 7) is 0.371. The van der Waals surface area contributed by atoms with Crippen LogP contribution in [0.2, 0.25) is 0 Å². The maximum atomic E-state index is 12.9. The first-order chi connectivity index (χ1) is 13.1. The molecule has 3 amide bonds. The second-order valence-electron chi connectivity index (χ2n) is 7.08. The zero-order valence-corrected chi connectivity index (χ0v) is 15.2. The van der Waals surface area contributed by atoms with E-state index in [-0.39, 0.29) is 18.2 Å². The van der Waals surface area contributed by atoms with E-state index >= 15 is 0 Å². The molecule has 1 unspecified atom stereocenters. The minimum atomic E-state index is -0.598. The van der Waals surface area contributed by atoms with Crippen LogP contribution in [0.25, 0.3) is 0 Å². The summed E-state index contributed by atoms with van der Waals surface area (Å²) in [6, 6.07) is 0.952. The molecule has 8 heteroatoms. The number of hydrogen-bond donors (Lipinski definition) is 1. The molecular weight excluding hydrogens is 350 g/mol. The van der Waals surface area contributed by atoms with E-state index in [0.717, 1.165) is 25.7 Å². The number of carbonyl (C=O) groups excluding carboxylic acids is 3. The summed E-state index contributed by atoms with van der Waals surface area (Å²) in [5.41, 5.74) is 0.363. The van der Waals surface area contributed by atoms with Gasteiger partial charge in [-0.2, -0.15) is 0 Å². The maximum Gasteiger partial charge on any atom is 0.276 e. The third-order valence-corrected chi connectivity index (χ3v) is 5.24. The molecular formula is C19H25N3O5. The van der Waals surface area contributed by atoms with E-state index in [4.69, 9.17) is 4.42 Å². The van der Waals surface area contributed by atoms with Crippen LogP contribution in [-0.4, -0.2) is 51.1 Å². The Morgan fingerprint density at radius 1 is 1.37 bits per heavy atom. The van der Waals surface area contributed by atoms with Crippen LogP contribution in [-0.2, 0) is 9.59 Å². The van der Waals surface area contributed by atoms with Crippen molar-refractivity contribution in [3.8, 4) is 0 Å². The zero-order valence-electron chi connectivity index (χ0n) is 15.2. The van der Waals surface area contributed by atoms with Crippen LogP contribution in [0.5, 0.6) is 0 Å². The number of hydroxylamine groups is 2. The van der Waals surface area contributed by atoms with Crippen LogP contribution >= 0.6 is 0 Å². The molecule has 1 aromatic rings. The van der Waals surface area contributed by atoms with Gasteiger partial charge in [0.1, 0.15) is 6.26 Å². The maximum absolute atomic E-state index is 12.9. The van der Waals surface area contributed by atoms with Crippen molar-refractivity contribution in [2.45, 2.75) is 51.0 Å². The van der Waals surface area contributed by atoms with Crippen LogP contribution in [0.1, 0.15) is 55.3 Å². The summed E-state index contributed by atoms with van der Waals surface area (Å²) in [4.78, 5) is 36.6. The first-order valence-corrected chi connectivity index (χ1v) is 9.35. The normalized spacial score (nSPS) is 18.6. The fourth-order valence-corrected chi connectivity index (χ4v) is 3.81. The third kappa shape index (κ3) is 4.57. The van der Waals surface area contributed by atoms with Gasteiger partial charge in [-0.15, -0.1) is 0 Å². The van der Waals surface area contributed by atoms with Crippen molar-refractivity contribution >= 4 is 18.2 Å². The monoisotopic (exact) mass is 375 g/mol. The Bertz CT molecular complexity index is 682. The predicted octanol–water partition coefficient (Wildman–Crippen LogP) is 2.57. The molecule has 0 spiro atoms. The fourth-order valence-electron chi connectivity index (χ4n) is 3.81. The van der Waals surface area contributed by atoms with Crippen molar-refractivity contribution in [1.82, 2.24) is 15.1 Å². The van der Waals surface area contributed by atoms with E-state index in [0.29, 0.717) is 42.3 Å². The Kier molecular flexibility index (Phi) is 6.28. The predicted molar refractivity (Wildman–Crippen MR) is 95.0 cm³/mol. The molecule has 2 aliphatic rings.